The van der Waals surface area contributed by atoms with Gasteiger partial charge in [-0.15, -0.1) is 0 Å². The van der Waals surface area contributed by atoms with Gasteiger partial charge in [-0.2, -0.15) is 4.39 Å². The van der Waals surface area contributed by atoms with E-state index in [0.29, 0.717) is 11.5 Å². The zero-order chi connectivity index (χ0) is 23.1. The quantitative estimate of drug-likeness (QED) is 0.212. The molecule has 1 aliphatic rings. The van der Waals surface area contributed by atoms with Gasteiger partial charge < -0.3 is 4.74 Å². The first-order chi connectivity index (χ1) is 15.5. The van der Waals surface area contributed by atoms with Gasteiger partial charge in [0.1, 0.15) is 6.61 Å². The van der Waals surface area contributed by atoms with Gasteiger partial charge in [-0.25, -0.2) is 13.2 Å². The van der Waals surface area contributed by atoms with Crippen LogP contribution in [0.5, 0.6) is 5.75 Å². The molecule has 32 heavy (non-hydrogen) atoms. The molecule has 0 aromatic heterocycles. The van der Waals surface area contributed by atoms with Crippen LogP contribution in [-0.2, 0) is 0 Å². The zero-order valence-electron chi connectivity index (χ0n) is 18.9. The first-order valence-electron chi connectivity index (χ1n) is 11.7. The minimum atomic E-state index is -1.25. The van der Waals surface area contributed by atoms with Crippen molar-refractivity contribution in [2.24, 2.45) is 5.92 Å². The van der Waals surface area contributed by atoms with Gasteiger partial charge in [-0.05, 0) is 62.1 Å². The molecule has 0 amide bonds. The second-order valence-electron chi connectivity index (χ2n) is 8.66. The topological polar surface area (TPSA) is 9.23 Å². The van der Waals surface area contributed by atoms with Gasteiger partial charge in [0.2, 0.25) is 5.82 Å². The van der Waals surface area contributed by atoms with Crippen molar-refractivity contribution < 1.29 is 22.3 Å². The average molecular weight is 449 g/mol. The van der Waals surface area contributed by atoms with E-state index < -0.39 is 23.3 Å². The van der Waals surface area contributed by atoms with E-state index in [1.54, 1.807) is 19.1 Å². The monoisotopic (exact) mass is 448 g/mol. The van der Waals surface area contributed by atoms with Crippen molar-refractivity contribution in [3.63, 3.8) is 0 Å². The Hall–Kier alpha value is -2.30. The molecule has 0 N–H and O–H groups in total. The summed E-state index contributed by atoms with van der Waals surface area (Å²) in [4.78, 5) is 0. The normalized spacial score (nSPS) is 18.9. The maximum absolute atomic E-state index is 15.0. The molecular weight excluding hydrogens is 416 g/mol. The van der Waals surface area contributed by atoms with Gasteiger partial charge in [0.05, 0.1) is 0 Å². The lowest BCUT2D eigenvalue weighted by molar-refractivity contribution is 0.298. The number of hydrogen-bond acceptors (Lipinski definition) is 1. The maximum atomic E-state index is 15.0. The Kier molecular flexibility index (Phi) is 8.77. The largest absolute Gasteiger partial charge is 0.486 e. The second-order valence-corrected chi connectivity index (χ2v) is 8.66. The van der Waals surface area contributed by atoms with Crippen LogP contribution in [0.3, 0.4) is 0 Å². The van der Waals surface area contributed by atoms with E-state index in [2.05, 4.69) is 6.92 Å². The van der Waals surface area contributed by atoms with Crippen molar-refractivity contribution in [3.05, 3.63) is 65.2 Å². The van der Waals surface area contributed by atoms with E-state index in [4.69, 9.17) is 4.74 Å². The Morgan fingerprint density at radius 3 is 2.16 bits per heavy atom. The highest BCUT2D eigenvalue weighted by Gasteiger charge is 2.27. The third kappa shape index (κ3) is 5.54. The molecule has 1 aliphatic carbocycles. The molecule has 0 aliphatic heterocycles. The highest BCUT2D eigenvalue weighted by Crippen LogP contribution is 2.41. The molecule has 0 bridgehead atoms. The molecule has 0 atom stereocenters. The lowest BCUT2D eigenvalue weighted by Gasteiger charge is -2.29. The third-order valence-electron chi connectivity index (χ3n) is 6.52. The van der Waals surface area contributed by atoms with Gasteiger partial charge in [0.15, 0.2) is 23.2 Å². The third-order valence-corrected chi connectivity index (χ3v) is 6.52. The van der Waals surface area contributed by atoms with Crippen LogP contribution in [0.4, 0.5) is 17.6 Å². The van der Waals surface area contributed by atoms with E-state index in [1.807, 2.05) is 0 Å². The molecule has 3 rings (SSSR count). The summed E-state index contributed by atoms with van der Waals surface area (Å²) < 4.78 is 64.1. The number of halogens is 4. The van der Waals surface area contributed by atoms with Crippen LogP contribution in [0.15, 0.2) is 36.4 Å². The lowest BCUT2D eigenvalue weighted by atomic mass is 9.76. The van der Waals surface area contributed by atoms with Crippen LogP contribution in [0.25, 0.3) is 11.1 Å². The number of ether oxygens (including phenoxy) is 1. The van der Waals surface area contributed by atoms with Crippen molar-refractivity contribution in [1.82, 2.24) is 0 Å². The molecular formula is C27H32F4O. The van der Waals surface area contributed by atoms with Gasteiger partial charge in [-0.3, -0.25) is 0 Å². The molecule has 2 aromatic carbocycles. The minimum Gasteiger partial charge on any atom is -0.486 e. The summed E-state index contributed by atoms with van der Waals surface area (Å²) in [6.45, 7) is 4.06. The van der Waals surface area contributed by atoms with Gasteiger partial charge in [0.25, 0.3) is 0 Å². The van der Waals surface area contributed by atoms with Crippen LogP contribution in [0, 0.1) is 29.2 Å². The highest BCUT2D eigenvalue weighted by atomic mass is 19.2. The van der Waals surface area contributed by atoms with E-state index in [0.717, 1.165) is 25.7 Å². The molecule has 1 fully saturated rings. The summed E-state index contributed by atoms with van der Waals surface area (Å²) in [5, 5.41) is 0. The van der Waals surface area contributed by atoms with Gasteiger partial charge in [-0.1, -0.05) is 56.9 Å². The van der Waals surface area contributed by atoms with E-state index in [9.17, 15) is 17.6 Å². The SMILES string of the molecule is C/C=C/COc1ccc(-c2ccc(C3CCC(CCCCC)CC3)c(F)c2F)c(F)c1F. The summed E-state index contributed by atoms with van der Waals surface area (Å²) in [5.74, 6) is -4.18. The van der Waals surface area contributed by atoms with E-state index in [1.165, 1.54) is 49.9 Å². The summed E-state index contributed by atoms with van der Waals surface area (Å²) in [5.41, 5.74) is -0.259. The van der Waals surface area contributed by atoms with Crippen molar-refractivity contribution in [1.29, 1.82) is 0 Å². The minimum absolute atomic E-state index is 0.0371. The maximum Gasteiger partial charge on any atom is 0.201 e. The van der Waals surface area contributed by atoms with Crippen LogP contribution >= 0.6 is 0 Å². The Morgan fingerprint density at radius 1 is 0.844 bits per heavy atom. The summed E-state index contributed by atoms with van der Waals surface area (Å²) in [6, 6.07) is 5.35. The first kappa shape index (κ1) is 24.3. The predicted octanol–water partition coefficient (Wildman–Crippen LogP) is 8.72. The zero-order valence-corrected chi connectivity index (χ0v) is 18.9. The van der Waals surface area contributed by atoms with Gasteiger partial charge >= 0.3 is 0 Å². The number of rotatable bonds is 9. The van der Waals surface area contributed by atoms with Crippen LogP contribution < -0.4 is 4.74 Å². The fraction of sp³-hybridized carbons (Fsp3) is 0.481. The van der Waals surface area contributed by atoms with Crippen LogP contribution in [-0.4, -0.2) is 6.61 Å². The van der Waals surface area contributed by atoms with E-state index >= 15 is 0 Å². The standard InChI is InChI=1S/C27H32F4O/c1-3-5-7-8-18-9-11-19(12-10-18)20-13-14-21(25(29)24(20)28)22-15-16-23(27(31)26(22)30)32-17-6-4-2/h4,6,13-16,18-19H,3,5,7-12,17H2,1-2H3/b6-4+. The lowest BCUT2D eigenvalue weighted by Crippen LogP contribution is -2.15. The number of unbranched alkanes of at least 4 members (excludes halogenated alkanes) is 2. The number of benzene rings is 2. The summed E-state index contributed by atoms with van der Waals surface area (Å²) >= 11 is 0. The van der Waals surface area contributed by atoms with Crippen molar-refractivity contribution in [2.45, 2.75) is 71.1 Å². The molecule has 0 saturated heterocycles. The van der Waals surface area contributed by atoms with Crippen molar-refractivity contribution in [2.75, 3.05) is 6.61 Å². The van der Waals surface area contributed by atoms with Crippen LogP contribution in [0.1, 0.15) is 76.7 Å². The Labute approximate surface area is 188 Å². The smallest absolute Gasteiger partial charge is 0.201 e. The summed E-state index contributed by atoms with van der Waals surface area (Å²) in [7, 11) is 0. The van der Waals surface area contributed by atoms with Crippen molar-refractivity contribution >= 4 is 0 Å². The molecule has 5 heteroatoms. The second kappa shape index (κ2) is 11.5. The summed E-state index contributed by atoms with van der Waals surface area (Å²) in [6.07, 6.45) is 11.9. The molecule has 0 heterocycles. The predicted molar refractivity (Wildman–Crippen MR) is 121 cm³/mol. The Bertz CT molecular complexity index is 930. The first-order valence-corrected chi connectivity index (χ1v) is 11.7. The molecule has 0 spiro atoms. The Balaban J connectivity index is 1.76. The highest BCUT2D eigenvalue weighted by molar-refractivity contribution is 5.66. The molecule has 1 saturated carbocycles. The fourth-order valence-electron chi connectivity index (χ4n) is 4.62. The van der Waals surface area contributed by atoms with Crippen molar-refractivity contribution in [3.8, 4) is 16.9 Å². The number of hydrogen-bond donors (Lipinski definition) is 0. The van der Waals surface area contributed by atoms with Crippen LogP contribution in [0.2, 0.25) is 0 Å². The van der Waals surface area contributed by atoms with Gasteiger partial charge in [0, 0.05) is 11.1 Å². The molecule has 2 aromatic rings. The van der Waals surface area contributed by atoms with E-state index in [-0.39, 0.29) is 29.4 Å². The fourth-order valence-corrected chi connectivity index (χ4v) is 4.62. The number of allylic oxidation sites excluding steroid dienone is 1. The molecule has 0 unspecified atom stereocenters. The molecule has 0 radical (unpaired) electrons. The molecule has 1 nitrogen and oxygen atoms in total. The average Bonchev–Trinajstić information content (AvgIpc) is 2.80. The molecule has 174 valence electrons. The Morgan fingerprint density at radius 2 is 1.50 bits per heavy atom.